The number of Topliss-reactive ketones (excluding diaryl/α,β-unsaturated/α-hetero) is 1. The molecule has 2 rings (SSSR count). The molecule has 5 heteroatoms. The Morgan fingerprint density at radius 3 is 2.59 bits per heavy atom. The molecule has 0 N–H and O–H groups in total. The maximum absolute atomic E-state index is 12.1. The van der Waals surface area contributed by atoms with E-state index in [4.69, 9.17) is 11.6 Å². The summed E-state index contributed by atoms with van der Waals surface area (Å²) < 4.78 is 24.2. The molecule has 0 aliphatic heterocycles. The number of carbonyl (C=O) groups is 1. The molecular formula is C12H13ClO3S. The maximum atomic E-state index is 12.1. The quantitative estimate of drug-likeness (QED) is 0.849. The number of ketones is 1. The second kappa shape index (κ2) is 4.78. The maximum Gasteiger partial charge on any atom is 0.157 e. The molecule has 1 aliphatic carbocycles. The first kappa shape index (κ1) is 12.6. The van der Waals surface area contributed by atoms with Crippen molar-refractivity contribution >= 4 is 27.2 Å². The Labute approximate surface area is 106 Å². The van der Waals surface area contributed by atoms with E-state index in [9.17, 15) is 13.2 Å². The van der Waals surface area contributed by atoms with Crippen molar-refractivity contribution in [3.05, 3.63) is 34.9 Å². The van der Waals surface area contributed by atoms with E-state index in [1.165, 1.54) is 0 Å². The van der Waals surface area contributed by atoms with Crippen LogP contribution in [-0.2, 0) is 20.4 Å². The van der Waals surface area contributed by atoms with Gasteiger partial charge in [-0.15, -0.1) is 0 Å². The molecule has 1 aliphatic rings. The molecule has 1 saturated carbocycles. The molecule has 1 aromatic carbocycles. The molecule has 0 saturated heterocycles. The average Bonchev–Trinajstić information content (AvgIpc) is 2.69. The summed E-state index contributed by atoms with van der Waals surface area (Å²) in [7, 11) is -3.27. The van der Waals surface area contributed by atoms with Crippen molar-refractivity contribution in [2.45, 2.75) is 30.3 Å². The van der Waals surface area contributed by atoms with Crippen LogP contribution in [0.15, 0.2) is 24.3 Å². The van der Waals surface area contributed by atoms with Crippen LogP contribution < -0.4 is 0 Å². The highest BCUT2D eigenvalue weighted by atomic mass is 35.5. The summed E-state index contributed by atoms with van der Waals surface area (Å²) in [4.78, 5) is 11.1. The van der Waals surface area contributed by atoms with Crippen LogP contribution in [0.2, 0.25) is 5.02 Å². The average molecular weight is 273 g/mol. The highest BCUT2D eigenvalue weighted by Crippen LogP contribution is 2.27. The number of carbonyl (C=O) groups excluding carboxylic acids is 1. The van der Waals surface area contributed by atoms with E-state index in [2.05, 4.69) is 0 Å². The molecule has 1 fully saturated rings. The topological polar surface area (TPSA) is 51.2 Å². The van der Waals surface area contributed by atoms with Gasteiger partial charge in [0.05, 0.1) is 11.0 Å². The summed E-state index contributed by atoms with van der Waals surface area (Å²) in [6.45, 7) is 0. The molecule has 0 spiro atoms. The van der Waals surface area contributed by atoms with Crippen molar-refractivity contribution in [3.8, 4) is 0 Å². The van der Waals surface area contributed by atoms with Gasteiger partial charge in [0, 0.05) is 17.9 Å². The van der Waals surface area contributed by atoms with Crippen molar-refractivity contribution in [1.82, 2.24) is 0 Å². The van der Waals surface area contributed by atoms with Gasteiger partial charge in [-0.3, -0.25) is 4.79 Å². The molecule has 0 heterocycles. The van der Waals surface area contributed by atoms with Crippen LogP contribution in [0.25, 0.3) is 0 Å². The fraction of sp³-hybridized carbons (Fsp3) is 0.417. The van der Waals surface area contributed by atoms with Crippen LogP contribution >= 0.6 is 11.6 Å². The van der Waals surface area contributed by atoms with Crippen LogP contribution in [0.5, 0.6) is 0 Å². The van der Waals surface area contributed by atoms with Gasteiger partial charge in [-0.25, -0.2) is 8.42 Å². The molecular weight excluding hydrogens is 260 g/mol. The van der Waals surface area contributed by atoms with Crippen molar-refractivity contribution in [2.75, 3.05) is 0 Å². The summed E-state index contributed by atoms with van der Waals surface area (Å²) >= 11 is 5.93. The molecule has 0 amide bonds. The lowest BCUT2D eigenvalue weighted by Gasteiger charge is -2.11. The zero-order chi connectivity index (χ0) is 12.5. The fourth-order valence-electron chi connectivity index (χ4n) is 2.04. The van der Waals surface area contributed by atoms with Crippen LogP contribution in [0.4, 0.5) is 0 Å². The number of hydrogen-bond acceptors (Lipinski definition) is 3. The van der Waals surface area contributed by atoms with Gasteiger partial charge in [0.2, 0.25) is 0 Å². The van der Waals surface area contributed by atoms with Gasteiger partial charge >= 0.3 is 0 Å². The first-order valence-electron chi connectivity index (χ1n) is 5.46. The van der Waals surface area contributed by atoms with Gasteiger partial charge in [0.25, 0.3) is 0 Å². The van der Waals surface area contributed by atoms with Crippen molar-refractivity contribution in [3.63, 3.8) is 0 Å². The molecule has 0 aromatic heterocycles. The van der Waals surface area contributed by atoms with E-state index < -0.39 is 15.1 Å². The lowest BCUT2D eigenvalue weighted by atomic mass is 10.2. The van der Waals surface area contributed by atoms with Crippen LogP contribution in [0.1, 0.15) is 24.8 Å². The molecule has 92 valence electrons. The van der Waals surface area contributed by atoms with E-state index in [-0.39, 0.29) is 18.0 Å². The van der Waals surface area contributed by atoms with Crippen LogP contribution in [0.3, 0.4) is 0 Å². The summed E-state index contributed by atoms with van der Waals surface area (Å²) in [5.74, 6) is -0.0392. The number of sulfone groups is 1. The van der Waals surface area contributed by atoms with Gasteiger partial charge in [0.1, 0.15) is 5.78 Å². The zero-order valence-corrected chi connectivity index (χ0v) is 10.8. The Balaban J connectivity index is 2.18. The normalized spacial score (nSPS) is 20.8. The van der Waals surface area contributed by atoms with Gasteiger partial charge in [-0.1, -0.05) is 29.8 Å². The Bertz CT molecular complexity index is 536. The number of halogens is 1. The minimum atomic E-state index is -3.27. The van der Waals surface area contributed by atoms with E-state index in [1.807, 2.05) is 0 Å². The number of hydrogen-bond donors (Lipinski definition) is 0. The summed E-state index contributed by atoms with van der Waals surface area (Å²) in [6.07, 6.45) is 0.991. The SMILES string of the molecule is O=C1CCC(S(=O)(=O)Cc2ccccc2Cl)C1. The fourth-order valence-corrected chi connectivity index (χ4v) is 4.16. The Morgan fingerprint density at radius 2 is 2.00 bits per heavy atom. The summed E-state index contributed by atoms with van der Waals surface area (Å²) in [5.41, 5.74) is 0.605. The molecule has 3 nitrogen and oxygen atoms in total. The zero-order valence-electron chi connectivity index (χ0n) is 9.23. The highest BCUT2D eigenvalue weighted by Gasteiger charge is 2.33. The monoisotopic (exact) mass is 272 g/mol. The Morgan fingerprint density at radius 1 is 1.29 bits per heavy atom. The van der Waals surface area contributed by atoms with Crippen molar-refractivity contribution < 1.29 is 13.2 Å². The minimum absolute atomic E-state index is 0.0396. The molecule has 1 aromatic rings. The second-order valence-corrected chi connectivity index (χ2v) is 6.99. The van der Waals surface area contributed by atoms with Crippen molar-refractivity contribution in [1.29, 1.82) is 0 Å². The van der Waals surface area contributed by atoms with E-state index in [1.54, 1.807) is 24.3 Å². The third-order valence-corrected chi connectivity index (χ3v) is 5.52. The predicted octanol–water partition coefficient (Wildman–Crippen LogP) is 2.38. The third kappa shape index (κ3) is 2.87. The van der Waals surface area contributed by atoms with Gasteiger partial charge in [0.15, 0.2) is 9.84 Å². The Hall–Kier alpha value is -0.870. The highest BCUT2D eigenvalue weighted by molar-refractivity contribution is 7.91. The third-order valence-electron chi connectivity index (χ3n) is 3.02. The van der Waals surface area contributed by atoms with Crippen molar-refractivity contribution in [2.24, 2.45) is 0 Å². The minimum Gasteiger partial charge on any atom is -0.300 e. The first-order valence-corrected chi connectivity index (χ1v) is 7.55. The molecule has 0 radical (unpaired) electrons. The largest absolute Gasteiger partial charge is 0.300 e. The van der Waals surface area contributed by atoms with Gasteiger partial charge in [-0.2, -0.15) is 0 Å². The van der Waals surface area contributed by atoms with Crippen LogP contribution in [-0.4, -0.2) is 19.5 Å². The molecule has 1 unspecified atom stereocenters. The summed E-state index contributed by atoms with van der Waals surface area (Å²) in [5, 5.41) is -0.0633. The lowest BCUT2D eigenvalue weighted by Crippen LogP contribution is -2.20. The molecule has 0 bridgehead atoms. The van der Waals surface area contributed by atoms with Gasteiger partial charge < -0.3 is 0 Å². The van der Waals surface area contributed by atoms with Gasteiger partial charge in [-0.05, 0) is 18.1 Å². The number of rotatable bonds is 3. The summed E-state index contributed by atoms with van der Waals surface area (Å²) in [6, 6.07) is 6.90. The number of benzene rings is 1. The van der Waals surface area contributed by atoms with E-state index >= 15 is 0 Å². The standard InChI is InChI=1S/C12H13ClO3S/c13-12-4-2-1-3-9(12)8-17(15,16)11-6-5-10(14)7-11/h1-4,11H,5-8H2. The Kier molecular flexibility index (Phi) is 3.54. The lowest BCUT2D eigenvalue weighted by molar-refractivity contribution is -0.117. The molecule has 1 atom stereocenters. The predicted molar refractivity (Wildman–Crippen MR) is 66.7 cm³/mol. The molecule has 17 heavy (non-hydrogen) atoms. The van der Waals surface area contributed by atoms with E-state index in [0.29, 0.717) is 23.4 Å². The second-order valence-electron chi connectivity index (χ2n) is 4.30. The first-order chi connectivity index (χ1) is 7.99. The van der Waals surface area contributed by atoms with Crippen LogP contribution in [0, 0.1) is 0 Å². The van der Waals surface area contributed by atoms with E-state index in [0.717, 1.165) is 0 Å². The smallest absolute Gasteiger partial charge is 0.157 e.